The van der Waals surface area contributed by atoms with Crippen LogP contribution in [0.1, 0.15) is 24.0 Å². The van der Waals surface area contributed by atoms with E-state index in [-0.39, 0.29) is 6.61 Å². The van der Waals surface area contributed by atoms with Crippen molar-refractivity contribution in [3.8, 4) is 0 Å². The molecule has 0 saturated carbocycles. The third kappa shape index (κ3) is 5.06. The smallest absolute Gasteiger partial charge is 0.396 e. The molecule has 0 unspecified atom stereocenters. The Kier molecular flexibility index (Phi) is 5.62. The Hall–Kier alpha value is -1.07. The molecule has 0 radical (unpaired) electrons. The second-order valence-electron chi connectivity index (χ2n) is 4.36. The lowest BCUT2D eigenvalue weighted by Gasteiger charge is -2.16. The number of rotatable bonds is 6. The summed E-state index contributed by atoms with van der Waals surface area (Å²) in [6.07, 6.45) is -2.64. The molecule has 1 N–H and O–H groups in total. The molecule has 0 atom stereocenters. The van der Waals surface area contributed by atoms with E-state index in [9.17, 15) is 13.2 Å². The van der Waals surface area contributed by atoms with Gasteiger partial charge in [0.2, 0.25) is 0 Å². The Morgan fingerprint density at radius 3 is 2.22 bits per heavy atom. The minimum absolute atomic E-state index is 0.175. The van der Waals surface area contributed by atoms with E-state index < -0.39 is 11.7 Å². The summed E-state index contributed by atoms with van der Waals surface area (Å²) in [6.45, 7) is 1.61. The average molecular weight is 261 g/mol. The summed E-state index contributed by atoms with van der Waals surface area (Å²) in [5.41, 5.74) is 0.240. The highest BCUT2D eigenvalue weighted by molar-refractivity contribution is 5.24. The minimum Gasteiger partial charge on any atom is -0.396 e. The number of unbranched alkanes of at least 4 members (excludes halogenated alkanes) is 1. The SMILES string of the molecule is CN(CCCCO)Cc1ccc(C(F)(F)F)cc1. The van der Waals surface area contributed by atoms with Gasteiger partial charge in [-0.25, -0.2) is 0 Å². The van der Waals surface area contributed by atoms with Crippen molar-refractivity contribution < 1.29 is 18.3 Å². The van der Waals surface area contributed by atoms with Gasteiger partial charge < -0.3 is 10.0 Å². The summed E-state index contributed by atoms with van der Waals surface area (Å²) >= 11 is 0. The maximum absolute atomic E-state index is 12.4. The fourth-order valence-corrected chi connectivity index (χ4v) is 1.68. The van der Waals surface area contributed by atoms with E-state index in [1.807, 2.05) is 11.9 Å². The van der Waals surface area contributed by atoms with Gasteiger partial charge in [0.15, 0.2) is 0 Å². The van der Waals surface area contributed by atoms with E-state index in [0.717, 1.165) is 37.1 Å². The number of alkyl halides is 3. The van der Waals surface area contributed by atoms with Crippen molar-refractivity contribution in [1.82, 2.24) is 4.90 Å². The monoisotopic (exact) mass is 261 g/mol. The summed E-state index contributed by atoms with van der Waals surface area (Å²) in [5.74, 6) is 0. The number of hydrogen-bond donors (Lipinski definition) is 1. The molecular formula is C13H18F3NO. The second kappa shape index (κ2) is 6.75. The molecule has 1 aromatic carbocycles. The van der Waals surface area contributed by atoms with Gasteiger partial charge in [-0.3, -0.25) is 0 Å². The van der Waals surface area contributed by atoms with Gasteiger partial charge in [-0.2, -0.15) is 13.2 Å². The highest BCUT2D eigenvalue weighted by Crippen LogP contribution is 2.29. The fourth-order valence-electron chi connectivity index (χ4n) is 1.68. The van der Waals surface area contributed by atoms with Crippen LogP contribution in [0.15, 0.2) is 24.3 Å². The molecule has 0 aromatic heterocycles. The van der Waals surface area contributed by atoms with Crippen molar-refractivity contribution in [3.63, 3.8) is 0 Å². The molecule has 0 aliphatic heterocycles. The number of aliphatic hydroxyl groups is 1. The van der Waals surface area contributed by atoms with Crippen LogP contribution >= 0.6 is 0 Å². The van der Waals surface area contributed by atoms with Crippen molar-refractivity contribution in [1.29, 1.82) is 0 Å². The van der Waals surface area contributed by atoms with Gasteiger partial charge in [0.25, 0.3) is 0 Å². The van der Waals surface area contributed by atoms with Crippen LogP contribution in [0.25, 0.3) is 0 Å². The van der Waals surface area contributed by atoms with Crippen molar-refractivity contribution in [3.05, 3.63) is 35.4 Å². The molecule has 1 rings (SSSR count). The van der Waals surface area contributed by atoms with Gasteiger partial charge in [0.05, 0.1) is 5.56 Å². The van der Waals surface area contributed by atoms with Gasteiger partial charge in [-0.15, -0.1) is 0 Å². The summed E-state index contributed by atoms with van der Waals surface area (Å²) in [5, 5.41) is 8.65. The van der Waals surface area contributed by atoms with E-state index >= 15 is 0 Å². The van der Waals surface area contributed by atoms with Crippen LogP contribution in [0.4, 0.5) is 13.2 Å². The van der Waals surface area contributed by atoms with Crippen LogP contribution in [0.2, 0.25) is 0 Å². The molecule has 0 fully saturated rings. The maximum atomic E-state index is 12.4. The molecule has 0 spiro atoms. The van der Waals surface area contributed by atoms with Crippen molar-refractivity contribution in [2.45, 2.75) is 25.6 Å². The van der Waals surface area contributed by atoms with Crippen LogP contribution in [-0.2, 0) is 12.7 Å². The lowest BCUT2D eigenvalue weighted by molar-refractivity contribution is -0.137. The first-order chi connectivity index (χ1) is 8.43. The van der Waals surface area contributed by atoms with Gasteiger partial charge in [0.1, 0.15) is 0 Å². The van der Waals surface area contributed by atoms with E-state index in [1.54, 1.807) is 0 Å². The third-order valence-corrected chi connectivity index (χ3v) is 2.68. The topological polar surface area (TPSA) is 23.5 Å². The Morgan fingerprint density at radius 2 is 1.72 bits per heavy atom. The summed E-state index contributed by atoms with van der Waals surface area (Å²) in [7, 11) is 1.91. The molecule has 0 bridgehead atoms. The number of benzene rings is 1. The summed E-state index contributed by atoms with van der Waals surface area (Å²) in [6, 6.07) is 5.23. The third-order valence-electron chi connectivity index (χ3n) is 2.68. The highest BCUT2D eigenvalue weighted by atomic mass is 19.4. The average Bonchev–Trinajstić information content (AvgIpc) is 2.29. The quantitative estimate of drug-likeness (QED) is 0.796. The lowest BCUT2D eigenvalue weighted by atomic mass is 10.1. The summed E-state index contributed by atoms with van der Waals surface area (Å²) in [4.78, 5) is 2.03. The maximum Gasteiger partial charge on any atom is 0.416 e. The predicted molar refractivity (Wildman–Crippen MR) is 64.1 cm³/mol. The molecule has 0 saturated heterocycles. The molecule has 1 aromatic rings. The predicted octanol–water partition coefficient (Wildman–Crippen LogP) is 2.91. The molecule has 18 heavy (non-hydrogen) atoms. The normalized spacial score (nSPS) is 12.1. The largest absolute Gasteiger partial charge is 0.416 e. The van der Waals surface area contributed by atoms with Crippen LogP contribution < -0.4 is 0 Å². The van der Waals surface area contributed by atoms with Gasteiger partial charge >= 0.3 is 6.18 Å². The molecule has 5 heteroatoms. The Balaban J connectivity index is 2.48. The van der Waals surface area contributed by atoms with Crippen LogP contribution in [0.5, 0.6) is 0 Å². The molecule has 0 amide bonds. The Labute approximate surface area is 105 Å². The lowest BCUT2D eigenvalue weighted by Crippen LogP contribution is -2.19. The number of hydrogen-bond acceptors (Lipinski definition) is 2. The minimum atomic E-state index is -4.27. The number of halogens is 3. The first-order valence-electron chi connectivity index (χ1n) is 5.89. The zero-order valence-electron chi connectivity index (χ0n) is 10.4. The molecule has 0 heterocycles. The van der Waals surface area contributed by atoms with Crippen molar-refractivity contribution in [2.75, 3.05) is 20.2 Å². The van der Waals surface area contributed by atoms with Crippen LogP contribution in [-0.4, -0.2) is 30.2 Å². The van der Waals surface area contributed by atoms with Crippen LogP contribution in [0.3, 0.4) is 0 Å². The van der Waals surface area contributed by atoms with Crippen molar-refractivity contribution in [2.24, 2.45) is 0 Å². The zero-order valence-corrected chi connectivity index (χ0v) is 10.4. The van der Waals surface area contributed by atoms with Crippen LogP contribution in [0, 0.1) is 0 Å². The molecule has 2 nitrogen and oxygen atoms in total. The summed E-state index contributed by atoms with van der Waals surface area (Å²) < 4.78 is 37.1. The first kappa shape index (κ1) is 15.0. The van der Waals surface area contributed by atoms with Gasteiger partial charge in [-0.1, -0.05) is 12.1 Å². The molecule has 0 aliphatic carbocycles. The van der Waals surface area contributed by atoms with Gasteiger partial charge in [0, 0.05) is 13.2 Å². The first-order valence-corrected chi connectivity index (χ1v) is 5.89. The van der Waals surface area contributed by atoms with Gasteiger partial charge in [-0.05, 0) is 44.1 Å². The molecule has 0 aliphatic rings. The van der Waals surface area contributed by atoms with E-state index in [1.165, 1.54) is 12.1 Å². The fraction of sp³-hybridized carbons (Fsp3) is 0.538. The van der Waals surface area contributed by atoms with E-state index in [0.29, 0.717) is 6.54 Å². The molecule has 102 valence electrons. The highest BCUT2D eigenvalue weighted by Gasteiger charge is 2.29. The zero-order chi connectivity index (χ0) is 13.6. The van der Waals surface area contributed by atoms with E-state index in [4.69, 9.17) is 5.11 Å². The van der Waals surface area contributed by atoms with Crippen molar-refractivity contribution >= 4 is 0 Å². The number of nitrogens with zero attached hydrogens (tertiary/aromatic N) is 1. The standard InChI is InChI=1S/C13H18F3NO/c1-17(8-2-3-9-18)10-11-4-6-12(7-5-11)13(14,15)16/h4-7,18H,2-3,8-10H2,1H3. The second-order valence-corrected chi connectivity index (χ2v) is 4.36. The molecular weight excluding hydrogens is 243 g/mol. The Morgan fingerprint density at radius 1 is 1.11 bits per heavy atom. The Bertz CT molecular complexity index is 348. The van der Waals surface area contributed by atoms with E-state index in [2.05, 4.69) is 0 Å². The number of aliphatic hydroxyl groups excluding tert-OH is 1.